The molecule has 1 aliphatic rings. The number of ether oxygens (including phenoxy) is 1. The van der Waals surface area contributed by atoms with Gasteiger partial charge in [-0.1, -0.05) is 12.1 Å². The maximum Gasteiger partial charge on any atom is 0.128 e. The van der Waals surface area contributed by atoms with Gasteiger partial charge in [-0.25, -0.2) is 4.98 Å². The van der Waals surface area contributed by atoms with Crippen molar-refractivity contribution in [2.24, 2.45) is 11.7 Å². The Hall–Kier alpha value is -1.81. The summed E-state index contributed by atoms with van der Waals surface area (Å²) in [5.41, 5.74) is 7.98. The molecule has 1 unspecified atom stereocenters. The SMILES string of the molecule is COc1ccccc1-c1cnc(C(C)(N)C2CC2)[nH]1. The monoisotopic (exact) mass is 257 g/mol. The third-order valence-corrected chi connectivity index (χ3v) is 3.91. The number of nitrogens with two attached hydrogens (primary N) is 1. The lowest BCUT2D eigenvalue weighted by Gasteiger charge is -2.21. The number of H-pyrrole nitrogens is 1. The van der Waals surface area contributed by atoms with E-state index >= 15 is 0 Å². The minimum absolute atomic E-state index is 0.361. The van der Waals surface area contributed by atoms with E-state index in [2.05, 4.69) is 16.9 Å². The maximum absolute atomic E-state index is 6.38. The van der Waals surface area contributed by atoms with Gasteiger partial charge < -0.3 is 15.5 Å². The Balaban J connectivity index is 1.97. The number of nitrogens with one attached hydrogen (secondary N) is 1. The van der Waals surface area contributed by atoms with Crippen molar-refractivity contribution >= 4 is 0 Å². The molecule has 4 nitrogen and oxygen atoms in total. The van der Waals surface area contributed by atoms with Gasteiger partial charge in [-0.15, -0.1) is 0 Å². The third kappa shape index (κ3) is 2.12. The Morgan fingerprint density at radius 1 is 1.37 bits per heavy atom. The zero-order valence-corrected chi connectivity index (χ0v) is 11.3. The number of benzene rings is 1. The Kier molecular flexibility index (Phi) is 2.82. The lowest BCUT2D eigenvalue weighted by molar-refractivity contribution is 0.404. The van der Waals surface area contributed by atoms with Crippen molar-refractivity contribution in [1.82, 2.24) is 9.97 Å². The highest BCUT2D eigenvalue weighted by atomic mass is 16.5. The second-order valence-corrected chi connectivity index (χ2v) is 5.40. The van der Waals surface area contributed by atoms with E-state index in [1.807, 2.05) is 30.5 Å². The quantitative estimate of drug-likeness (QED) is 0.885. The number of nitrogens with zero attached hydrogens (tertiary/aromatic N) is 1. The Morgan fingerprint density at radius 2 is 2.11 bits per heavy atom. The Labute approximate surface area is 113 Å². The van der Waals surface area contributed by atoms with E-state index in [-0.39, 0.29) is 5.54 Å². The van der Waals surface area contributed by atoms with Gasteiger partial charge in [0.15, 0.2) is 0 Å². The standard InChI is InChI=1S/C15H19N3O/c1-15(16,10-7-8-10)14-17-9-12(18-14)11-5-3-4-6-13(11)19-2/h3-6,9-10H,7-8,16H2,1-2H3,(H,17,18). The van der Waals surface area contributed by atoms with E-state index in [0.29, 0.717) is 5.92 Å². The highest BCUT2D eigenvalue weighted by Gasteiger charge is 2.41. The Bertz CT molecular complexity index is 585. The van der Waals surface area contributed by atoms with Crippen LogP contribution in [0.25, 0.3) is 11.3 Å². The predicted octanol–water partition coefficient (Wildman–Crippen LogP) is 2.67. The molecule has 3 N–H and O–H groups in total. The van der Waals surface area contributed by atoms with Gasteiger partial charge in [0.1, 0.15) is 11.6 Å². The largest absolute Gasteiger partial charge is 0.496 e. The lowest BCUT2D eigenvalue weighted by atomic mass is 9.97. The molecule has 0 radical (unpaired) electrons. The molecule has 1 atom stereocenters. The smallest absolute Gasteiger partial charge is 0.128 e. The fourth-order valence-electron chi connectivity index (χ4n) is 2.48. The molecule has 1 heterocycles. The molecular weight excluding hydrogens is 238 g/mol. The zero-order valence-electron chi connectivity index (χ0n) is 11.3. The van der Waals surface area contributed by atoms with Crippen LogP contribution in [0.5, 0.6) is 5.75 Å². The summed E-state index contributed by atoms with van der Waals surface area (Å²) in [7, 11) is 1.67. The van der Waals surface area contributed by atoms with Crippen LogP contribution in [0.15, 0.2) is 30.5 Å². The number of hydrogen-bond acceptors (Lipinski definition) is 3. The van der Waals surface area contributed by atoms with E-state index < -0.39 is 0 Å². The molecule has 100 valence electrons. The number of para-hydroxylation sites is 1. The summed E-state index contributed by atoms with van der Waals surface area (Å²) in [4.78, 5) is 7.81. The summed E-state index contributed by atoms with van der Waals surface area (Å²) in [5.74, 6) is 2.24. The van der Waals surface area contributed by atoms with Gasteiger partial charge in [0.05, 0.1) is 24.5 Å². The zero-order chi connectivity index (χ0) is 13.5. The number of aromatic nitrogens is 2. The second kappa shape index (κ2) is 4.38. The number of imidazole rings is 1. The van der Waals surface area contributed by atoms with Crippen LogP contribution < -0.4 is 10.5 Å². The first-order valence-corrected chi connectivity index (χ1v) is 6.60. The molecule has 19 heavy (non-hydrogen) atoms. The molecule has 1 aromatic carbocycles. The van der Waals surface area contributed by atoms with Gasteiger partial charge in [-0.3, -0.25) is 0 Å². The van der Waals surface area contributed by atoms with Crippen LogP contribution in [0.1, 0.15) is 25.6 Å². The van der Waals surface area contributed by atoms with Gasteiger partial charge in [0.2, 0.25) is 0 Å². The molecule has 1 aliphatic carbocycles. The number of hydrogen-bond donors (Lipinski definition) is 2. The first-order valence-electron chi connectivity index (χ1n) is 6.60. The summed E-state index contributed by atoms with van der Waals surface area (Å²) in [6.07, 6.45) is 4.22. The molecule has 4 heteroatoms. The van der Waals surface area contributed by atoms with Gasteiger partial charge >= 0.3 is 0 Å². The average molecular weight is 257 g/mol. The first-order chi connectivity index (χ1) is 9.13. The molecule has 0 amide bonds. The van der Waals surface area contributed by atoms with Gasteiger partial charge in [-0.2, -0.15) is 0 Å². The lowest BCUT2D eigenvalue weighted by Crippen LogP contribution is -2.36. The van der Waals surface area contributed by atoms with Crippen molar-refractivity contribution < 1.29 is 4.74 Å². The normalized spacial score (nSPS) is 18.1. The number of methoxy groups -OCH3 is 1. The fourth-order valence-corrected chi connectivity index (χ4v) is 2.48. The molecular formula is C15H19N3O. The molecule has 1 aromatic heterocycles. The summed E-state index contributed by atoms with van der Waals surface area (Å²) in [5, 5.41) is 0. The van der Waals surface area contributed by atoms with Crippen LogP contribution in [0, 0.1) is 5.92 Å². The second-order valence-electron chi connectivity index (χ2n) is 5.40. The highest BCUT2D eigenvalue weighted by Crippen LogP contribution is 2.43. The predicted molar refractivity (Wildman–Crippen MR) is 74.8 cm³/mol. The molecule has 1 fully saturated rings. The fraction of sp³-hybridized carbons (Fsp3) is 0.400. The van der Waals surface area contributed by atoms with Crippen LogP contribution >= 0.6 is 0 Å². The van der Waals surface area contributed by atoms with E-state index in [9.17, 15) is 0 Å². The molecule has 0 aliphatic heterocycles. The van der Waals surface area contributed by atoms with E-state index in [4.69, 9.17) is 10.5 Å². The minimum Gasteiger partial charge on any atom is -0.496 e. The van der Waals surface area contributed by atoms with E-state index in [0.717, 1.165) is 22.8 Å². The maximum atomic E-state index is 6.38. The molecule has 1 saturated carbocycles. The third-order valence-electron chi connectivity index (χ3n) is 3.91. The van der Waals surface area contributed by atoms with Gasteiger partial charge in [0.25, 0.3) is 0 Å². The van der Waals surface area contributed by atoms with Crippen LogP contribution in [0.2, 0.25) is 0 Å². The first kappa shape index (κ1) is 12.2. The molecule has 0 bridgehead atoms. The van der Waals surface area contributed by atoms with Crippen LogP contribution in [-0.4, -0.2) is 17.1 Å². The van der Waals surface area contributed by atoms with E-state index in [1.165, 1.54) is 12.8 Å². The van der Waals surface area contributed by atoms with E-state index in [1.54, 1.807) is 7.11 Å². The van der Waals surface area contributed by atoms with Crippen molar-refractivity contribution in [1.29, 1.82) is 0 Å². The van der Waals surface area contributed by atoms with Gasteiger partial charge in [-0.05, 0) is 37.8 Å². The number of rotatable bonds is 4. The Morgan fingerprint density at radius 3 is 2.79 bits per heavy atom. The highest BCUT2D eigenvalue weighted by molar-refractivity contribution is 5.66. The van der Waals surface area contributed by atoms with Crippen LogP contribution in [-0.2, 0) is 5.54 Å². The van der Waals surface area contributed by atoms with Crippen molar-refractivity contribution in [2.75, 3.05) is 7.11 Å². The number of aromatic amines is 1. The summed E-state index contributed by atoms with van der Waals surface area (Å²) < 4.78 is 5.38. The van der Waals surface area contributed by atoms with Crippen LogP contribution in [0.4, 0.5) is 0 Å². The van der Waals surface area contributed by atoms with Crippen molar-refractivity contribution in [3.63, 3.8) is 0 Å². The van der Waals surface area contributed by atoms with Crippen molar-refractivity contribution in [3.8, 4) is 17.0 Å². The summed E-state index contributed by atoms with van der Waals surface area (Å²) >= 11 is 0. The summed E-state index contributed by atoms with van der Waals surface area (Å²) in [6.45, 7) is 2.05. The van der Waals surface area contributed by atoms with Crippen LogP contribution in [0.3, 0.4) is 0 Å². The topological polar surface area (TPSA) is 63.9 Å². The summed E-state index contributed by atoms with van der Waals surface area (Å²) in [6, 6.07) is 7.90. The van der Waals surface area contributed by atoms with Crippen molar-refractivity contribution in [2.45, 2.75) is 25.3 Å². The molecule has 0 spiro atoms. The molecule has 0 saturated heterocycles. The molecule has 2 aromatic rings. The average Bonchev–Trinajstić information content (AvgIpc) is 3.17. The molecule has 3 rings (SSSR count). The van der Waals surface area contributed by atoms with Gasteiger partial charge in [0, 0.05) is 5.56 Å². The minimum atomic E-state index is -0.361. The van der Waals surface area contributed by atoms with Crippen molar-refractivity contribution in [3.05, 3.63) is 36.3 Å².